The highest BCUT2D eigenvalue weighted by atomic mass is 32.1. The number of aryl methyl sites for hydroxylation is 1. The summed E-state index contributed by atoms with van der Waals surface area (Å²) in [5, 5.41) is 20.1. The molecule has 0 amide bonds. The molecular formula is C6H9N3O2S. The summed E-state index contributed by atoms with van der Waals surface area (Å²) in [4.78, 5) is 10.4. The fourth-order valence-electron chi connectivity index (χ4n) is 0.602. The van der Waals surface area contributed by atoms with Crippen LogP contribution in [0.4, 0.5) is 5.13 Å². The molecule has 0 aliphatic rings. The number of rotatable bonds is 3. The van der Waals surface area contributed by atoms with E-state index in [1.165, 1.54) is 11.3 Å². The number of carboxylic acid groups (broad SMARTS) is 1. The molecule has 0 aromatic carbocycles. The smallest absolute Gasteiger partial charge is 0.325 e. The molecule has 2 N–H and O–H groups in total. The molecule has 1 aromatic heterocycles. The minimum atomic E-state index is -0.900. The quantitative estimate of drug-likeness (QED) is 0.729. The number of nitrogens with zero attached hydrogens (tertiary/aromatic N) is 2. The van der Waals surface area contributed by atoms with Crippen molar-refractivity contribution in [1.29, 1.82) is 0 Å². The van der Waals surface area contributed by atoms with Crippen molar-refractivity contribution in [2.24, 2.45) is 0 Å². The molecular weight excluding hydrogens is 178 g/mol. The second kappa shape index (κ2) is 3.48. The zero-order chi connectivity index (χ0) is 9.14. The fraction of sp³-hybridized carbons (Fsp3) is 0.500. The van der Waals surface area contributed by atoms with Gasteiger partial charge in [-0.15, -0.1) is 10.2 Å². The van der Waals surface area contributed by atoms with E-state index in [1.807, 2.05) is 6.92 Å². The second-order valence-electron chi connectivity index (χ2n) is 2.33. The van der Waals surface area contributed by atoms with Crippen LogP contribution in [0, 0.1) is 6.92 Å². The van der Waals surface area contributed by atoms with Gasteiger partial charge in [0.15, 0.2) is 0 Å². The Morgan fingerprint density at radius 2 is 2.33 bits per heavy atom. The monoisotopic (exact) mass is 187 g/mol. The molecule has 1 atom stereocenters. The highest BCUT2D eigenvalue weighted by molar-refractivity contribution is 7.15. The zero-order valence-corrected chi connectivity index (χ0v) is 7.55. The minimum absolute atomic E-state index is 0.544. The first-order valence-electron chi connectivity index (χ1n) is 3.39. The average Bonchev–Trinajstić information content (AvgIpc) is 2.35. The van der Waals surface area contributed by atoms with Gasteiger partial charge in [-0.25, -0.2) is 0 Å². The normalized spacial score (nSPS) is 12.5. The van der Waals surface area contributed by atoms with Gasteiger partial charge in [-0.1, -0.05) is 11.3 Å². The van der Waals surface area contributed by atoms with E-state index >= 15 is 0 Å². The molecule has 0 saturated carbocycles. The Balaban J connectivity index is 2.58. The Kier molecular flexibility index (Phi) is 2.59. The molecule has 0 unspecified atom stereocenters. The number of aromatic nitrogens is 2. The Bertz CT molecular complexity index is 286. The van der Waals surface area contributed by atoms with Crippen molar-refractivity contribution in [1.82, 2.24) is 10.2 Å². The van der Waals surface area contributed by atoms with Crippen molar-refractivity contribution in [3.8, 4) is 0 Å². The topological polar surface area (TPSA) is 75.1 Å². The van der Waals surface area contributed by atoms with Crippen molar-refractivity contribution in [3.63, 3.8) is 0 Å². The third-order valence-corrected chi connectivity index (χ3v) is 2.01. The van der Waals surface area contributed by atoms with Crippen molar-refractivity contribution < 1.29 is 9.90 Å². The molecule has 6 heteroatoms. The van der Waals surface area contributed by atoms with Crippen LogP contribution < -0.4 is 5.32 Å². The maximum Gasteiger partial charge on any atom is 0.325 e. The number of carboxylic acids is 1. The first-order chi connectivity index (χ1) is 5.59. The largest absolute Gasteiger partial charge is 0.480 e. The van der Waals surface area contributed by atoms with Crippen molar-refractivity contribution in [2.45, 2.75) is 19.9 Å². The fourth-order valence-corrected chi connectivity index (χ4v) is 1.28. The van der Waals surface area contributed by atoms with Gasteiger partial charge in [0, 0.05) is 0 Å². The summed E-state index contributed by atoms with van der Waals surface area (Å²) in [7, 11) is 0. The van der Waals surface area contributed by atoms with Gasteiger partial charge in [-0.05, 0) is 13.8 Å². The van der Waals surface area contributed by atoms with Gasteiger partial charge in [0.1, 0.15) is 11.0 Å². The van der Waals surface area contributed by atoms with Crippen LogP contribution in [-0.2, 0) is 4.79 Å². The first kappa shape index (κ1) is 8.92. The van der Waals surface area contributed by atoms with Crippen molar-refractivity contribution in [2.75, 3.05) is 5.32 Å². The second-order valence-corrected chi connectivity index (χ2v) is 3.51. The maximum atomic E-state index is 10.4. The van der Waals surface area contributed by atoms with E-state index in [1.54, 1.807) is 6.92 Å². The lowest BCUT2D eigenvalue weighted by atomic mass is 10.4. The molecule has 0 aliphatic carbocycles. The van der Waals surface area contributed by atoms with Gasteiger partial charge in [-0.3, -0.25) is 4.79 Å². The molecule has 66 valence electrons. The van der Waals surface area contributed by atoms with E-state index in [4.69, 9.17) is 5.11 Å². The molecule has 1 rings (SSSR count). The van der Waals surface area contributed by atoms with Gasteiger partial charge in [0.2, 0.25) is 5.13 Å². The number of nitrogens with one attached hydrogen (secondary N) is 1. The van der Waals surface area contributed by atoms with Crippen molar-refractivity contribution >= 4 is 22.4 Å². The molecule has 0 radical (unpaired) electrons. The van der Waals surface area contributed by atoms with Crippen LogP contribution in [0.2, 0.25) is 0 Å². The molecule has 0 saturated heterocycles. The predicted molar refractivity (Wildman–Crippen MR) is 45.4 cm³/mol. The van der Waals surface area contributed by atoms with E-state index in [9.17, 15) is 4.79 Å². The van der Waals surface area contributed by atoms with Crippen LogP contribution in [0.5, 0.6) is 0 Å². The number of anilines is 1. The van der Waals surface area contributed by atoms with Gasteiger partial charge in [-0.2, -0.15) is 0 Å². The first-order valence-corrected chi connectivity index (χ1v) is 4.20. The Labute approximate surface area is 73.4 Å². The summed E-state index contributed by atoms with van der Waals surface area (Å²) >= 11 is 1.34. The molecule has 0 fully saturated rings. The van der Waals surface area contributed by atoms with Gasteiger partial charge in [0.05, 0.1) is 0 Å². The highest BCUT2D eigenvalue weighted by Crippen LogP contribution is 2.14. The third kappa shape index (κ3) is 2.16. The number of hydrogen-bond donors (Lipinski definition) is 2. The average molecular weight is 187 g/mol. The van der Waals surface area contributed by atoms with Gasteiger partial charge in [0.25, 0.3) is 0 Å². The van der Waals surface area contributed by atoms with E-state index in [2.05, 4.69) is 15.5 Å². The summed E-state index contributed by atoms with van der Waals surface area (Å²) in [5.41, 5.74) is 0. The van der Waals surface area contributed by atoms with Gasteiger partial charge >= 0.3 is 5.97 Å². The summed E-state index contributed by atoms with van der Waals surface area (Å²) in [6.45, 7) is 3.37. The van der Waals surface area contributed by atoms with Crippen molar-refractivity contribution in [3.05, 3.63) is 5.01 Å². The maximum absolute atomic E-state index is 10.4. The number of carbonyl (C=O) groups is 1. The lowest BCUT2D eigenvalue weighted by Gasteiger charge is -2.04. The van der Waals surface area contributed by atoms with Gasteiger partial charge < -0.3 is 10.4 Å². The molecule has 0 spiro atoms. The van der Waals surface area contributed by atoms with Crippen LogP contribution in [0.1, 0.15) is 11.9 Å². The Morgan fingerprint density at radius 1 is 1.67 bits per heavy atom. The summed E-state index contributed by atoms with van der Waals surface area (Å²) in [6, 6.07) is -0.627. The van der Waals surface area contributed by atoms with Crippen LogP contribution in [0.15, 0.2) is 0 Å². The van der Waals surface area contributed by atoms with E-state index in [0.29, 0.717) is 5.13 Å². The molecule has 0 bridgehead atoms. The number of aliphatic carboxylic acids is 1. The van der Waals surface area contributed by atoms with E-state index in [0.717, 1.165) is 5.01 Å². The minimum Gasteiger partial charge on any atom is -0.480 e. The molecule has 5 nitrogen and oxygen atoms in total. The standard InChI is InChI=1S/C6H9N3O2S/c1-3(5(10)11)7-6-9-8-4(2)12-6/h3H,1-2H3,(H,7,9)(H,10,11)/t3-/m1/s1. The molecule has 1 heterocycles. The summed E-state index contributed by atoms with van der Waals surface area (Å²) < 4.78 is 0. The predicted octanol–water partition coefficient (Wildman–Crippen LogP) is 0.732. The molecule has 12 heavy (non-hydrogen) atoms. The summed E-state index contributed by atoms with van der Waals surface area (Å²) in [6.07, 6.45) is 0. The molecule has 1 aromatic rings. The lowest BCUT2D eigenvalue weighted by molar-refractivity contribution is -0.137. The number of hydrogen-bond acceptors (Lipinski definition) is 5. The molecule has 0 aliphatic heterocycles. The van der Waals surface area contributed by atoms with E-state index < -0.39 is 12.0 Å². The summed E-state index contributed by atoms with van der Waals surface area (Å²) in [5.74, 6) is -0.900. The van der Waals surface area contributed by atoms with Crippen LogP contribution >= 0.6 is 11.3 Å². The van der Waals surface area contributed by atoms with Crippen LogP contribution in [-0.4, -0.2) is 27.3 Å². The van der Waals surface area contributed by atoms with E-state index in [-0.39, 0.29) is 0 Å². The van der Waals surface area contributed by atoms with Crippen LogP contribution in [0.25, 0.3) is 0 Å². The SMILES string of the molecule is Cc1nnc(N[C@H](C)C(=O)O)s1. The zero-order valence-electron chi connectivity index (χ0n) is 6.74. The highest BCUT2D eigenvalue weighted by Gasteiger charge is 2.11. The lowest BCUT2D eigenvalue weighted by Crippen LogP contribution is -2.25. The third-order valence-electron chi connectivity index (χ3n) is 1.24. The Hall–Kier alpha value is -1.17. The van der Waals surface area contributed by atoms with Crippen LogP contribution in [0.3, 0.4) is 0 Å². The Morgan fingerprint density at radius 3 is 2.75 bits per heavy atom.